The molecule has 2 fully saturated rings. The molecule has 3 heterocycles. The van der Waals surface area contributed by atoms with Crippen LogP contribution in [-0.4, -0.2) is 61.0 Å². The van der Waals surface area contributed by atoms with Crippen molar-refractivity contribution in [3.05, 3.63) is 22.4 Å². The van der Waals surface area contributed by atoms with Gasteiger partial charge in [0, 0.05) is 44.1 Å². The number of methoxy groups -OCH3 is 1. The predicted molar refractivity (Wildman–Crippen MR) is 93.9 cm³/mol. The summed E-state index contributed by atoms with van der Waals surface area (Å²) < 4.78 is 5.01. The van der Waals surface area contributed by atoms with Gasteiger partial charge in [0.05, 0.1) is 13.0 Å². The number of rotatable bonds is 6. The maximum atomic E-state index is 12.4. The van der Waals surface area contributed by atoms with Gasteiger partial charge in [0.2, 0.25) is 11.8 Å². The van der Waals surface area contributed by atoms with Gasteiger partial charge in [-0.1, -0.05) is 6.07 Å². The average Bonchev–Trinajstić information content (AvgIpc) is 3.12. The molecule has 2 aliphatic heterocycles. The fraction of sp³-hybridized carbons (Fsp3) is 0.667. The first-order chi connectivity index (χ1) is 11.7. The summed E-state index contributed by atoms with van der Waals surface area (Å²) in [6.07, 6.45) is 3.82. The molecule has 0 unspecified atom stereocenters. The zero-order valence-electron chi connectivity index (χ0n) is 14.3. The first kappa shape index (κ1) is 17.4. The van der Waals surface area contributed by atoms with E-state index in [9.17, 15) is 9.59 Å². The molecular weight excluding hydrogens is 324 g/mol. The molecule has 6 heteroatoms. The van der Waals surface area contributed by atoms with E-state index in [4.69, 9.17) is 4.74 Å². The van der Waals surface area contributed by atoms with Gasteiger partial charge in [0.1, 0.15) is 0 Å². The van der Waals surface area contributed by atoms with Gasteiger partial charge in [-0.3, -0.25) is 9.59 Å². The monoisotopic (exact) mass is 350 g/mol. The van der Waals surface area contributed by atoms with Gasteiger partial charge in [0.15, 0.2) is 0 Å². The van der Waals surface area contributed by atoms with E-state index in [1.54, 1.807) is 18.4 Å². The minimum Gasteiger partial charge on any atom is -0.384 e. The number of carbonyl (C=O) groups excluding carboxylic acids is 2. The smallest absolute Gasteiger partial charge is 0.224 e. The number of piperidine rings is 2. The number of hydrogen-bond donors (Lipinski definition) is 0. The minimum atomic E-state index is 0.178. The highest BCUT2D eigenvalue weighted by atomic mass is 32.1. The molecule has 0 radical (unpaired) electrons. The summed E-state index contributed by atoms with van der Waals surface area (Å²) in [5, 5.41) is 2.08. The molecule has 1 aromatic rings. The Balaban J connectivity index is 1.58. The van der Waals surface area contributed by atoms with Gasteiger partial charge in [-0.2, -0.15) is 0 Å². The molecule has 0 spiro atoms. The average molecular weight is 350 g/mol. The highest BCUT2D eigenvalue weighted by Crippen LogP contribution is 2.31. The number of carbonyl (C=O) groups is 2. The van der Waals surface area contributed by atoms with E-state index in [2.05, 4.69) is 22.4 Å². The molecule has 0 N–H and O–H groups in total. The summed E-state index contributed by atoms with van der Waals surface area (Å²) in [5.74, 6) is 0.885. The lowest BCUT2D eigenvalue weighted by molar-refractivity contribution is -0.144. The van der Waals surface area contributed by atoms with Crippen LogP contribution in [0.5, 0.6) is 0 Å². The quantitative estimate of drug-likeness (QED) is 0.790. The van der Waals surface area contributed by atoms with Gasteiger partial charge in [-0.25, -0.2) is 0 Å². The van der Waals surface area contributed by atoms with E-state index in [0.29, 0.717) is 31.4 Å². The van der Waals surface area contributed by atoms with Gasteiger partial charge in [0.25, 0.3) is 0 Å². The molecule has 3 rings (SSSR count). The van der Waals surface area contributed by atoms with Gasteiger partial charge in [-0.15, -0.1) is 11.3 Å². The highest BCUT2D eigenvalue weighted by molar-refractivity contribution is 7.09. The molecular formula is C18H26N2O3S. The Morgan fingerprint density at radius 3 is 3.04 bits per heavy atom. The van der Waals surface area contributed by atoms with Crippen LogP contribution in [0.3, 0.4) is 0 Å². The molecule has 0 aromatic carbocycles. The van der Waals surface area contributed by atoms with Crippen LogP contribution in [0.25, 0.3) is 0 Å². The first-order valence-corrected chi connectivity index (χ1v) is 9.65. The topological polar surface area (TPSA) is 49.9 Å². The third-order valence-electron chi connectivity index (χ3n) is 5.20. The van der Waals surface area contributed by atoms with Crippen molar-refractivity contribution in [2.45, 2.75) is 38.1 Å². The second-order valence-corrected chi connectivity index (χ2v) is 7.69. The van der Waals surface area contributed by atoms with E-state index in [0.717, 1.165) is 38.9 Å². The highest BCUT2D eigenvalue weighted by Gasteiger charge is 2.39. The molecule has 0 saturated carbocycles. The van der Waals surface area contributed by atoms with E-state index in [1.807, 2.05) is 4.90 Å². The van der Waals surface area contributed by atoms with Gasteiger partial charge in [-0.05, 0) is 36.6 Å². The van der Waals surface area contributed by atoms with Crippen molar-refractivity contribution < 1.29 is 14.3 Å². The Kier molecular flexibility index (Phi) is 5.89. The molecule has 0 bridgehead atoms. The number of hydrogen-bond acceptors (Lipinski definition) is 4. The number of fused-ring (bicyclic) bond motifs is 1. The summed E-state index contributed by atoms with van der Waals surface area (Å²) in [6.45, 7) is 2.83. The summed E-state index contributed by atoms with van der Waals surface area (Å²) >= 11 is 1.75. The molecule has 2 saturated heterocycles. The van der Waals surface area contributed by atoms with E-state index < -0.39 is 0 Å². The van der Waals surface area contributed by atoms with Crippen molar-refractivity contribution >= 4 is 23.2 Å². The molecule has 24 heavy (non-hydrogen) atoms. The van der Waals surface area contributed by atoms with Crippen LogP contribution in [0, 0.1) is 5.92 Å². The Morgan fingerprint density at radius 1 is 1.42 bits per heavy atom. The Bertz CT molecular complexity index is 561. The lowest BCUT2D eigenvalue weighted by Crippen LogP contribution is -2.57. The molecule has 2 atom stereocenters. The van der Waals surface area contributed by atoms with Crippen LogP contribution < -0.4 is 0 Å². The number of thiophene rings is 1. The molecule has 0 aliphatic carbocycles. The van der Waals surface area contributed by atoms with Crippen molar-refractivity contribution in [2.75, 3.05) is 33.4 Å². The zero-order valence-corrected chi connectivity index (χ0v) is 15.1. The van der Waals surface area contributed by atoms with Crippen molar-refractivity contribution in [3.8, 4) is 0 Å². The van der Waals surface area contributed by atoms with E-state index >= 15 is 0 Å². The van der Waals surface area contributed by atoms with Gasteiger partial charge >= 0.3 is 0 Å². The largest absolute Gasteiger partial charge is 0.384 e. The SMILES string of the molecule is COCCC(=O)N1CC[C@@H]2[C@@H](CCC(=O)N2CCc2cccs2)C1. The number of amides is 2. The molecule has 5 nitrogen and oxygen atoms in total. The zero-order chi connectivity index (χ0) is 16.9. The maximum absolute atomic E-state index is 12.4. The predicted octanol–water partition coefficient (Wildman–Crippen LogP) is 2.17. The fourth-order valence-corrected chi connectivity index (χ4v) is 4.60. The Labute approximate surface area is 147 Å². The Morgan fingerprint density at radius 2 is 2.29 bits per heavy atom. The van der Waals surface area contributed by atoms with E-state index in [1.165, 1.54) is 4.88 Å². The van der Waals surface area contributed by atoms with Crippen molar-refractivity contribution in [1.82, 2.24) is 9.80 Å². The third kappa shape index (κ3) is 3.98. The van der Waals surface area contributed by atoms with Crippen LogP contribution in [0.4, 0.5) is 0 Å². The molecule has 2 amide bonds. The number of ether oxygens (including phenoxy) is 1. The lowest BCUT2D eigenvalue weighted by atomic mass is 9.83. The number of likely N-dealkylation sites (tertiary alicyclic amines) is 2. The molecule has 132 valence electrons. The minimum absolute atomic E-state index is 0.178. The van der Waals surface area contributed by atoms with E-state index in [-0.39, 0.29) is 11.8 Å². The normalized spacial score (nSPS) is 24.1. The van der Waals surface area contributed by atoms with Crippen molar-refractivity contribution in [3.63, 3.8) is 0 Å². The summed E-state index contributed by atoms with van der Waals surface area (Å²) in [7, 11) is 1.62. The lowest BCUT2D eigenvalue weighted by Gasteiger charge is -2.47. The van der Waals surface area contributed by atoms with Crippen LogP contribution in [0.2, 0.25) is 0 Å². The first-order valence-electron chi connectivity index (χ1n) is 8.77. The second kappa shape index (κ2) is 8.12. The van der Waals surface area contributed by atoms with Crippen LogP contribution >= 0.6 is 11.3 Å². The number of nitrogens with zero attached hydrogens (tertiary/aromatic N) is 2. The summed E-state index contributed by atoms with van der Waals surface area (Å²) in [6, 6.07) is 4.50. The van der Waals surface area contributed by atoms with Crippen molar-refractivity contribution in [2.24, 2.45) is 5.92 Å². The third-order valence-corrected chi connectivity index (χ3v) is 6.13. The molecule has 1 aromatic heterocycles. The fourth-order valence-electron chi connectivity index (χ4n) is 3.90. The van der Waals surface area contributed by atoms with Crippen molar-refractivity contribution in [1.29, 1.82) is 0 Å². The second-order valence-electron chi connectivity index (χ2n) is 6.65. The summed E-state index contributed by atoms with van der Waals surface area (Å²) in [5.41, 5.74) is 0. The van der Waals surface area contributed by atoms with Crippen LogP contribution in [0.15, 0.2) is 17.5 Å². The van der Waals surface area contributed by atoms with Crippen LogP contribution in [0.1, 0.15) is 30.6 Å². The summed E-state index contributed by atoms with van der Waals surface area (Å²) in [4.78, 5) is 30.0. The van der Waals surface area contributed by atoms with Gasteiger partial charge < -0.3 is 14.5 Å². The standard InChI is InChI=1S/C18H26N2O3S/c1-23-11-8-17(21)19-9-7-16-14(13-19)4-5-18(22)20(16)10-6-15-3-2-12-24-15/h2-3,12,14,16H,4-11,13H2,1H3/t14-,16+/m0/s1. The Hall–Kier alpha value is -1.40. The van der Waals surface area contributed by atoms with Crippen LogP contribution in [-0.2, 0) is 20.7 Å². The molecule has 2 aliphatic rings. The maximum Gasteiger partial charge on any atom is 0.224 e.